The molecule has 0 saturated carbocycles. The number of rotatable bonds is 9. The zero-order chi connectivity index (χ0) is 24.7. The van der Waals surface area contributed by atoms with E-state index in [2.05, 4.69) is 58.3 Å². The maximum absolute atomic E-state index is 12.5. The molecular weight excluding hydrogens is 655 g/mol. The zero-order valence-electron chi connectivity index (χ0n) is 18.2. The summed E-state index contributed by atoms with van der Waals surface area (Å²) in [6, 6.07) is 14.4. The molecule has 0 bridgehead atoms. The van der Waals surface area contributed by atoms with Crippen LogP contribution in [-0.4, -0.2) is 25.8 Å². The molecule has 10 heteroatoms. The molecule has 0 unspecified atom stereocenters. The lowest BCUT2D eigenvalue weighted by atomic mass is 10.2. The van der Waals surface area contributed by atoms with Gasteiger partial charge >= 0.3 is 0 Å². The number of carbonyl (C=O) groups is 1. The number of nitrogens with one attached hydrogen (secondary N) is 1. The Balaban J connectivity index is 1.73. The molecule has 3 aromatic carbocycles. The first-order chi connectivity index (χ1) is 16.3. The van der Waals surface area contributed by atoms with Gasteiger partial charge in [-0.2, -0.15) is 5.10 Å². The first-order valence-electron chi connectivity index (χ1n) is 10.0. The Hall–Kier alpha value is -2.07. The number of amides is 1. The van der Waals surface area contributed by atoms with Gasteiger partial charge in [0.2, 0.25) is 0 Å². The highest BCUT2D eigenvalue weighted by Gasteiger charge is 2.13. The van der Waals surface area contributed by atoms with Gasteiger partial charge in [-0.25, -0.2) is 5.43 Å². The Bertz CT molecular complexity index is 1180. The lowest BCUT2D eigenvalue weighted by Crippen LogP contribution is -2.17. The number of benzene rings is 3. The van der Waals surface area contributed by atoms with Crippen molar-refractivity contribution in [2.45, 2.75) is 13.5 Å². The molecule has 0 atom stereocenters. The molecule has 1 amide bonds. The molecule has 0 fully saturated rings. The van der Waals surface area contributed by atoms with Crippen LogP contribution < -0.4 is 19.6 Å². The van der Waals surface area contributed by atoms with Crippen LogP contribution in [0, 0.1) is 0 Å². The van der Waals surface area contributed by atoms with Crippen molar-refractivity contribution in [1.82, 2.24) is 5.43 Å². The van der Waals surface area contributed by atoms with Crippen LogP contribution in [0.1, 0.15) is 28.4 Å². The summed E-state index contributed by atoms with van der Waals surface area (Å²) in [6.45, 7) is 2.72. The molecule has 6 nitrogen and oxygen atoms in total. The Morgan fingerprint density at radius 1 is 1.00 bits per heavy atom. The van der Waals surface area contributed by atoms with E-state index in [1.165, 1.54) is 6.21 Å². The quantitative estimate of drug-likeness (QED) is 0.190. The van der Waals surface area contributed by atoms with Gasteiger partial charge in [-0.05, 0) is 96.7 Å². The van der Waals surface area contributed by atoms with E-state index >= 15 is 0 Å². The number of hydrazone groups is 1. The summed E-state index contributed by atoms with van der Waals surface area (Å²) >= 11 is 16.3. The molecule has 1 N–H and O–H groups in total. The zero-order valence-corrected chi connectivity index (χ0v) is 23.7. The fourth-order valence-electron chi connectivity index (χ4n) is 2.88. The van der Waals surface area contributed by atoms with Crippen LogP contribution in [0.25, 0.3) is 0 Å². The summed E-state index contributed by atoms with van der Waals surface area (Å²) in [6.07, 6.45) is 1.53. The van der Waals surface area contributed by atoms with Crippen molar-refractivity contribution in [3.63, 3.8) is 0 Å². The minimum absolute atomic E-state index is 0.361. The van der Waals surface area contributed by atoms with Crippen LogP contribution in [0.2, 0.25) is 5.02 Å². The summed E-state index contributed by atoms with van der Waals surface area (Å²) in [5.74, 6) is 1.38. The highest BCUT2D eigenvalue weighted by Crippen LogP contribution is 2.35. The van der Waals surface area contributed by atoms with Gasteiger partial charge in [0, 0.05) is 20.6 Å². The van der Waals surface area contributed by atoms with Crippen molar-refractivity contribution >= 4 is 71.5 Å². The number of methoxy groups -OCH3 is 1. The van der Waals surface area contributed by atoms with Gasteiger partial charge < -0.3 is 14.2 Å². The number of nitrogens with zero attached hydrogens (tertiary/aromatic N) is 1. The van der Waals surface area contributed by atoms with E-state index in [9.17, 15) is 4.79 Å². The lowest BCUT2D eigenvalue weighted by molar-refractivity contribution is 0.0955. The third-order valence-corrected chi connectivity index (χ3v) is 6.62. The van der Waals surface area contributed by atoms with E-state index in [1.807, 2.05) is 37.3 Å². The van der Waals surface area contributed by atoms with Crippen LogP contribution in [0.4, 0.5) is 0 Å². The smallest absolute Gasteiger partial charge is 0.271 e. The number of hydrogen-bond donors (Lipinski definition) is 1. The fraction of sp³-hybridized carbons (Fsp3) is 0.167. The van der Waals surface area contributed by atoms with Crippen molar-refractivity contribution in [2.24, 2.45) is 5.10 Å². The van der Waals surface area contributed by atoms with Gasteiger partial charge in [0.25, 0.3) is 5.91 Å². The molecule has 0 saturated heterocycles. The summed E-state index contributed by atoms with van der Waals surface area (Å²) in [5.41, 5.74) is 4.63. The third kappa shape index (κ3) is 6.97. The van der Waals surface area contributed by atoms with Crippen molar-refractivity contribution in [1.29, 1.82) is 0 Å². The molecule has 34 heavy (non-hydrogen) atoms. The van der Waals surface area contributed by atoms with Crippen LogP contribution in [-0.2, 0) is 6.61 Å². The van der Waals surface area contributed by atoms with Crippen molar-refractivity contribution in [3.05, 3.63) is 83.7 Å². The van der Waals surface area contributed by atoms with E-state index in [0.29, 0.717) is 55.6 Å². The molecule has 0 aliphatic rings. The maximum atomic E-state index is 12.5. The summed E-state index contributed by atoms with van der Waals surface area (Å²) in [4.78, 5) is 12.5. The minimum atomic E-state index is -0.371. The maximum Gasteiger partial charge on any atom is 0.271 e. The molecule has 0 spiro atoms. The SMILES string of the molecule is CCOc1cc(/C=N\NC(=O)c2cc(Br)c(OC)c(Br)c2)c(Br)cc1OCc1ccc(Cl)cc1. The Kier molecular flexibility index (Phi) is 9.82. The number of ether oxygens (including phenoxy) is 3. The predicted octanol–water partition coefficient (Wildman–Crippen LogP) is 7.38. The second-order valence-electron chi connectivity index (χ2n) is 6.84. The highest BCUT2D eigenvalue weighted by atomic mass is 79.9. The third-order valence-electron chi connectivity index (χ3n) is 4.50. The summed E-state index contributed by atoms with van der Waals surface area (Å²) in [7, 11) is 1.55. The molecule has 3 aromatic rings. The van der Waals surface area contributed by atoms with E-state index in [0.717, 1.165) is 10.0 Å². The second kappa shape index (κ2) is 12.6. The van der Waals surface area contributed by atoms with Gasteiger partial charge in [0.1, 0.15) is 12.4 Å². The standard InChI is InChI=1S/C24H20Br3ClN2O4/c1-3-33-21-10-16(18(25)11-22(21)34-13-14-4-6-17(28)7-5-14)12-29-30-24(31)15-8-19(26)23(32-2)20(27)9-15/h4-12H,3,13H2,1-2H3,(H,30,31)/b29-12-. The van der Waals surface area contributed by atoms with Crippen molar-refractivity contribution < 1.29 is 19.0 Å². The number of hydrogen-bond acceptors (Lipinski definition) is 5. The lowest BCUT2D eigenvalue weighted by Gasteiger charge is -2.14. The minimum Gasteiger partial charge on any atom is -0.494 e. The highest BCUT2D eigenvalue weighted by molar-refractivity contribution is 9.11. The second-order valence-corrected chi connectivity index (χ2v) is 9.84. The Morgan fingerprint density at radius 2 is 1.65 bits per heavy atom. The largest absolute Gasteiger partial charge is 0.494 e. The molecule has 0 aliphatic heterocycles. The number of halogens is 4. The predicted molar refractivity (Wildman–Crippen MR) is 145 cm³/mol. The van der Waals surface area contributed by atoms with E-state index in [1.54, 1.807) is 25.3 Å². The van der Waals surface area contributed by atoms with Crippen LogP contribution in [0.3, 0.4) is 0 Å². The molecule has 178 valence electrons. The van der Waals surface area contributed by atoms with Crippen molar-refractivity contribution in [2.75, 3.05) is 13.7 Å². The first-order valence-corrected chi connectivity index (χ1v) is 12.8. The summed E-state index contributed by atoms with van der Waals surface area (Å²) in [5, 5.41) is 4.76. The molecular formula is C24H20Br3ClN2O4. The summed E-state index contributed by atoms with van der Waals surface area (Å²) < 4.78 is 19.0. The van der Waals surface area contributed by atoms with Gasteiger partial charge in [-0.3, -0.25) is 4.79 Å². The fourth-order valence-corrected chi connectivity index (χ4v) is 4.94. The normalized spacial score (nSPS) is 10.9. The van der Waals surface area contributed by atoms with Crippen LogP contribution in [0.5, 0.6) is 17.2 Å². The van der Waals surface area contributed by atoms with Gasteiger partial charge in [0.05, 0.1) is 28.9 Å². The van der Waals surface area contributed by atoms with E-state index in [-0.39, 0.29) is 5.91 Å². The number of carbonyl (C=O) groups excluding carboxylic acids is 1. The molecule has 3 rings (SSSR count). The monoisotopic (exact) mass is 672 g/mol. The van der Waals surface area contributed by atoms with Crippen LogP contribution >= 0.6 is 59.4 Å². The molecule has 0 aromatic heterocycles. The Morgan fingerprint density at radius 3 is 2.26 bits per heavy atom. The van der Waals surface area contributed by atoms with E-state index < -0.39 is 0 Å². The van der Waals surface area contributed by atoms with E-state index in [4.69, 9.17) is 25.8 Å². The Labute approximate surface area is 228 Å². The molecule has 0 radical (unpaired) electrons. The molecule has 0 aliphatic carbocycles. The van der Waals surface area contributed by atoms with Crippen LogP contribution in [0.15, 0.2) is 67.1 Å². The van der Waals surface area contributed by atoms with Gasteiger partial charge in [0.15, 0.2) is 11.5 Å². The van der Waals surface area contributed by atoms with Crippen molar-refractivity contribution in [3.8, 4) is 17.2 Å². The average Bonchev–Trinajstić information content (AvgIpc) is 2.80. The van der Waals surface area contributed by atoms with Gasteiger partial charge in [-0.15, -0.1) is 0 Å². The van der Waals surface area contributed by atoms with Gasteiger partial charge in [-0.1, -0.05) is 23.7 Å². The topological polar surface area (TPSA) is 69.2 Å². The average molecular weight is 676 g/mol. The molecule has 0 heterocycles. The first kappa shape index (κ1) is 26.5.